The summed E-state index contributed by atoms with van der Waals surface area (Å²) in [4.78, 5) is 13.4. The van der Waals surface area contributed by atoms with Crippen LogP contribution in [0.15, 0.2) is 30.3 Å². The molecule has 2 heterocycles. The highest BCUT2D eigenvalue weighted by molar-refractivity contribution is 6.29. The van der Waals surface area contributed by atoms with Crippen LogP contribution in [0.3, 0.4) is 0 Å². The molecule has 0 radical (unpaired) electrons. The molecule has 3 rings (SSSR count). The van der Waals surface area contributed by atoms with Gasteiger partial charge in [-0.25, -0.2) is 9.18 Å². The van der Waals surface area contributed by atoms with E-state index in [-0.39, 0.29) is 11.0 Å². The van der Waals surface area contributed by atoms with Crippen molar-refractivity contribution < 1.29 is 18.7 Å². The third-order valence-corrected chi connectivity index (χ3v) is 4.34. The van der Waals surface area contributed by atoms with Crippen LogP contribution in [0.5, 0.6) is 0 Å². The van der Waals surface area contributed by atoms with Crippen LogP contribution >= 0.6 is 11.6 Å². The molecule has 7 nitrogen and oxygen atoms in total. The normalized spacial score (nSPS) is 20.0. The molecule has 2 atom stereocenters. The van der Waals surface area contributed by atoms with Gasteiger partial charge in [-0.05, 0) is 17.7 Å². The van der Waals surface area contributed by atoms with Crippen LogP contribution in [0.4, 0.5) is 15.9 Å². The minimum atomic E-state index is -0.639. The van der Waals surface area contributed by atoms with Crippen molar-refractivity contribution >= 4 is 29.1 Å². The zero-order valence-corrected chi connectivity index (χ0v) is 14.8. The Balaban J connectivity index is 1.85. The van der Waals surface area contributed by atoms with Gasteiger partial charge in [0.05, 0.1) is 18.4 Å². The zero-order chi connectivity index (χ0) is 18.7. The number of nitrogens with two attached hydrogens (primary N) is 1. The van der Waals surface area contributed by atoms with Gasteiger partial charge in [-0.3, -0.25) is 0 Å². The van der Waals surface area contributed by atoms with Gasteiger partial charge in [0.15, 0.2) is 11.0 Å². The lowest BCUT2D eigenvalue weighted by molar-refractivity contribution is -0.0380. The Morgan fingerprint density at radius 3 is 2.77 bits per heavy atom. The number of halogens is 2. The Morgan fingerprint density at radius 2 is 2.12 bits per heavy atom. The fourth-order valence-electron chi connectivity index (χ4n) is 2.88. The van der Waals surface area contributed by atoms with E-state index in [1.54, 1.807) is 30.3 Å². The Morgan fingerprint density at radius 1 is 1.38 bits per heavy atom. The fourth-order valence-corrected chi connectivity index (χ4v) is 3.02. The number of ether oxygens (including phenoxy) is 2. The average molecular weight is 381 g/mol. The number of rotatable bonds is 4. The molecule has 1 aliphatic heterocycles. The second-order valence-electron chi connectivity index (χ2n) is 5.86. The molecule has 0 amide bonds. The summed E-state index contributed by atoms with van der Waals surface area (Å²) in [5.74, 6) is -0.205. The van der Waals surface area contributed by atoms with Crippen molar-refractivity contribution in [3.8, 4) is 0 Å². The van der Waals surface area contributed by atoms with E-state index in [1.807, 2.05) is 4.90 Å². The number of nitrogens with zero attached hydrogens (tertiary/aromatic N) is 3. The molecule has 1 aromatic carbocycles. The van der Waals surface area contributed by atoms with E-state index in [4.69, 9.17) is 22.1 Å². The minimum absolute atomic E-state index is 0.205. The summed E-state index contributed by atoms with van der Waals surface area (Å²) in [6.07, 6.45) is -1.03. The summed E-state index contributed by atoms with van der Waals surface area (Å²) in [6, 6.07) is 8.41. The third kappa shape index (κ3) is 3.86. The minimum Gasteiger partial charge on any atom is -0.465 e. The lowest BCUT2D eigenvalue weighted by Gasteiger charge is -2.38. The first-order valence-electron chi connectivity index (χ1n) is 7.95. The molecule has 138 valence electrons. The van der Waals surface area contributed by atoms with Crippen molar-refractivity contribution in [2.75, 3.05) is 37.5 Å². The molecule has 26 heavy (non-hydrogen) atoms. The number of morpholine rings is 1. The summed E-state index contributed by atoms with van der Waals surface area (Å²) in [6.45, 7) is 0.110. The molecule has 0 bridgehead atoms. The van der Waals surface area contributed by atoms with Gasteiger partial charge in [0, 0.05) is 19.2 Å². The fraction of sp³-hybridized carbons (Fsp3) is 0.353. The summed E-state index contributed by atoms with van der Waals surface area (Å²) in [5, 5.41) is 7.72. The van der Waals surface area contributed by atoms with Gasteiger partial charge in [0.2, 0.25) is 0 Å². The standard InChI is InChI=1S/C17H18ClFN4O3/c1-25-17(24)11-4-2-10(3-5-11)14-9-23(8-12(7-19)26-14)13-6-15(18)21-22-16(13)20/h2-6,12,14H,7-9H2,1H3,(H2,20,22)/t12-,14-/m0/s1. The number of hydrogen-bond donors (Lipinski definition) is 1. The van der Waals surface area contributed by atoms with Crippen LogP contribution < -0.4 is 10.6 Å². The van der Waals surface area contributed by atoms with E-state index >= 15 is 0 Å². The molecule has 1 saturated heterocycles. The number of aromatic nitrogens is 2. The molecule has 0 unspecified atom stereocenters. The molecule has 0 spiro atoms. The van der Waals surface area contributed by atoms with Gasteiger partial charge in [-0.2, -0.15) is 0 Å². The van der Waals surface area contributed by atoms with Crippen LogP contribution in [0.25, 0.3) is 0 Å². The van der Waals surface area contributed by atoms with Crippen LogP contribution in [0, 0.1) is 0 Å². The van der Waals surface area contributed by atoms with Crippen molar-refractivity contribution in [2.24, 2.45) is 0 Å². The number of anilines is 2. The molecular weight excluding hydrogens is 363 g/mol. The number of carbonyl (C=O) groups excluding carboxylic acids is 1. The first-order chi connectivity index (χ1) is 12.5. The summed E-state index contributed by atoms with van der Waals surface area (Å²) >= 11 is 5.92. The largest absolute Gasteiger partial charge is 0.465 e. The number of nitrogen functional groups attached to an aromatic ring is 1. The van der Waals surface area contributed by atoms with Gasteiger partial charge >= 0.3 is 5.97 Å². The van der Waals surface area contributed by atoms with Crippen molar-refractivity contribution in [3.63, 3.8) is 0 Å². The Hall–Kier alpha value is -2.45. The van der Waals surface area contributed by atoms with E-state index in [1.165, 1.54) is 7.11 Å². The number of alkyl halides is 1. The smallest absolute Gasteiger partial charge is 0.337 e. The Bertz CT molecular complexity index is 790. The Kier molecular flexibility index (Phi) is 5.53. The SMILES string of the molecule is COC(=O)c1ccc([C@@H]2CN(c3cc(Cl)nnc3N)C[C@H](CF)O2)cc1. The van der Waals surface area contributed by atoms with E-state index in [0.717, 1.165) is 5.56 Å². The maximum atomic E-state index is 13.4. The van der Waals surface area contributed by atoms with Gasteiger partial charge in [0.25, 0.3) is 0 Å². The number of methoxy groups -OCH3 is 1. The number of hydrogen-bond acceptors (Lipinski definition) is 7. The lowest BCUT2D eigenvalue weighted by Crippen LogP contribution is -2.45. The highest BCUT2D eigenvalue weighted by atomic mass is 35.5. The first-order valence-corrected chi connectivity index (χ1v) is 8.33. The molecule has 2 N–H and O–H groups in total. The third-order valence-electron chi connectivity index (χ3n) is 4.15. The second kappa shape index (κ2) is 7.84. The quantitative estimate of drug-likeness (QED) is 0.814. The Labute approximate surface area is 154 Å². The topological polar surface area (TPSA) is 90.6 Å². The van der Waals surface area contributed by atoms with Gasteiger partial charge < -0.3 is 20.1 Å². The number of carbonyl (C=O) groups is 1. The van der Waals surface area contributed by atoms with E-state index in [9.17, 15) is 9.18 Å². The van der Waals surface area contributed by atoms with Gasteiger partial charge in [-0.1, -0.05) is 23.7 Å². The number of benzene rings is 1. The predicted molar refractivity (Wildman–Crippen MR) is 95.0 cm³/mol. The second-order valence-corrected chi connectivity index (χ2v) is 6.24. The van der Waals surface area contributed by atoms with Gasteiger partial charge in [0.1, 0.15) is 18.9 Å². The van der Waals surface area contributed by atoms with Gasteiger partial charge in [-0.15, -0.1) is 10.2 Å². The van der Waals surface area contributed by atoms with Crippen molar-refractivity contribution in [3.05, 3.63) is 46.6 Å². The molecule has 0 saturated carbocycles. The van der Waals surface area contributed by atoms with Crippen molar-refractivity contribution in [1.29, 1.82) is 0 Å². The number of esters is 1. The van der Waals surface area contributed by atoms with E-state index in [2.05, 4.69) is 14.9 Å². The average Bonchev–Trinajstić information content (AvgIpc) is 2.68. The molecule has 9 heteroatoms. The molecule has 2 aromatic rings. The maximum absolute atomic E-state index is 13.4. The molecule has 1 aromatic heterocycles. The maximum Gasteiger partial charge on any atom is 0.337 e. The van der Waals surface area contributed by atoms with Crippen LogP contribution in [0.2, 0.25) is 5.15 Å². The lowest BCUT2D eigenvalue weighted by atomic mass is 10.0. The first kappa shape index (κ1) is 18.3. The van der Waals surface area contributed by atoms with E-state index in [0.29, 0.717) is 24.3 Å². The van der Waals surface area contributed by atoms with Crippen LogP contribution in [-0.2, 0) is 9.47 Å². The molecule has 0 aliphatic carbocycles. The summed E-state index contributed by atoms with van der Waals surface area (Å²) in [7, 11) is 1.32. The van der Waals surface area contributed by atoms with Crippen LogP contribution in [-0.4, -0.2) is 49.1 Å². The highest BCUT2D eigenvalue weighted by Gasteiger charge is 2.30. The predicted octanol–water partition coefficient (Wildman–Crippen LogP) is 2.41. The summed E-state index contributed by atoms with van der Waals surface area (Å²) in [5.41, 5.74) is 7.73. The van der Waals surface area contributed by atoms with E-state index < -0.39 is 24.9 Å². The van der Waals surface area contributed by atoms with Crippen molar-refractivity contribution in [2.45, 2.75) is 12.2 Å². The monoisotopic (exact) mass is 380 g/mol. The van der Waals surface area contributed by atoms with Crippen LogP contribution in [0.1, 0.15) is 22.0 Å². The van der Waals surface area contributed by atoms with Crippen molar-refractivity contribution in [1.82, 2.24) is 10.2 Å². The molecule has 1 fully saturated rings. The molecule has 1 aliphatic rings. The summed E-state index contributed by atoms with van der Waals surface area (Å²) < 4.78 is 23.9. The highest BCUT2D eigenvalue weighted by Crippen LogP contribution is 2.32. The molecular formula is C17H18ClFN4O3. The zero-order valence-electron chi connectivity index (χ0n) is 14.1.